The summed E-state index contributed by atoms with van der Waals surface area (Å²) in [4.78, 5) is 28.5. The summed E-state index contributed by atoms with van der Waals surface area (Å²) >= 11 is 12.2. The molecule has 15 heteroatoms. The smallest absolute Gasteiger partial charge is 0.356 e. The van der Waals surface area contributed by atoms with E-state index in [2.05, 4.69) is 4.98 Å². The zero-order valence-corrected chi connectivity index (χ0v) is 27.7. The van der Waals surface area contributed by atoms with Crippen LogP contribution in [0.4, 0.5) is 5.69 Å². The standard InChI is InChI=1S/C28H33Cl2N2O9PS/c1-27(2,3)25(33)38-17-40-42(35,41-18-39-26(34)28(4,5)6)16-32(22-9-10-24-19(12-22)8-7-11-31-24)43(36,37)23-14-20(29)13-21(30)15-23/h7-15H,16-18H2,1-6H3. The molecule has 1 aromatic heterocycles. The molecule has 0 N–H and O–H groups in total. The predicted molar refractivity (Wildman–Crippen MR) is 163 cm³/mol. The van der Waals surface area contributed by atoms with Crippen LogP contribution in [-0.2, 0) is 42.7 Å². The van der Waals surface area contributed by atoms with Crippen LogP contribution in [0.5, 0.6) is 0 Å². The van der Waals surface area contributed by atoms with Crippen molar-refractivity contribution in [3.63, 3.8) is 0 Å². The molecule has 2 aromatic carbocycles. The Labute approximate surface area is 261 Å². The summed E-state index contributed by atoms with van der Waals surface area (Å²) < 4.78 is 64.1. The van der Waals surface area contributed by atoms with Crippen LogP contribution >= 0.6 is 30.8 Å². The van der Waals surface area contributed by atoms with Gasteiger partial charge in [0.05, 0.1) is 26.9 Å². The normalized spacial score (nSPS) is 12.7. The van der Waals surface area contributed by atoms with Crippen LogP contribution in [0.15, 0.2) is 59.6 Å². The van der Waals surface area contributed by atoms with Crippen molar-refractivity contribution in [2.45, 2.75) is 46.4 Å². The number of ether oxygens (including phenoxy) is 2. The molecular weight excluding hydrogens is 642 g/mol. The molecule has 3 rings (SSSR count). The third-order valence-corrected chi connectivity index (χ3v) is 9.71. The van der Waals surface area contributed by atoms with E-state index < -0.39 is 60.3 Å². The minimum absolute atomic E-state index is 0.0487. The zero-order chi connectivity index (χ0) is 32.2. The molecule has 0 saturated heterocycles. The molecule has 0 unspecified atom stereocenters. The van der Waals surface area contributed by atoms with Crippen molar-refractivity contribution in [3.05, 3.63) is 64.8 Å². The Balaban J connectivity index is 2.06. The molecule has 234 valence electrons. The van der Waals surface area contributed by atoms with E-state index in [0.717, 1.165) is 4.31 Å². The molecule has 0 amide bonds. The van der Waals surface area contributed by atoms with Crippen LogP contribution in [0.3, 0.4) is 0 Å². The second-order valence-electron chi connectivity index (χ2n) is 11.4. The van der Waals surface area contributed by atoms with E-state index in [4.69, 9.17) is 41.7 Å². The Hall–Kier alpha value is -2.73. The lowest BCUT2D eigenvalue weighted by atomic mass is 9.98. The van der Waals surface area contributed by atoms with E-state index in [9.17, 15) is 22.6 Å². The maximum absolute atomic E-state index is 14.1. The largest absolute Gasteiger partial charge is 0.438 e. The van der Waals surface area contributed by atoms with Crippen molar-refractivity contribution in [3.8, 4) is 0 Å². The third-order valence-electron chi connectivity index (χ3n) is 5.70. The van der Waals surface area contributed by atoms with Gasteiger partial charge in [-0.1, -0.05) is 29.3 Å². The fraction of sp³-hybridized carbons (Fsp3) is 0.393. The average molecular weight is 676 g/mol. The molecule has 43 heavy (non-hydrogen) atoms. The van der Waals surface area contributed by atoms with Crippen LogP contribution in [0.25, 0.3) is 10.9 Å². The van der Waals surface area contributed by atoms with Gasteiger partial charge in [-0.2, -0.15) is 0 Å². The Kier molecular flexibility index (Phi) is 10.9. The van der Waals surface area contributed by atoms with E-state index in [1.165, 1.54) is 30.3 Å². The molecule has 0 bridgehead atoms. The summed E-state index contributed by atoms with van der Waals surface area (Å²) in [5, 5.41) is 0.680. The molecular formula is C28H33Cl2N2O9PS. The summed E-state index contributed by atoms with van der Waals surface area (Å²) in [7, 11) is -9.08. The predicted octanol–water partition coefficient (Wildman–Crippen LogP) is 7.01. The number of carbonyl (C=O) groups is 2. The van der Waals surface area contributed by atoms with Crippen LogP contribution in [0.1, 0.15) is 41.5 Å². The summed E-state index contributed by atoms with van der Waals surface area (Å²) in [6.07, 6.45) is 0.670. The van der Waals surface area contributed by atoms with Gasteiger partial charge in [0.2, 0.25) is 13.6 Å². The highest BCUT2D eigenvalue weighted by molar-refractivity contribution is 7.93. The minimum atomic E-state index is -4.55. The number of hydrogen-bond donors (Lipinski definition) is 0. The number of aromatic nitrogens is 1. The van der Waals surface area contributed by atoms with Crippen molar-refractivity contribution in [2.75, 3.05) is 24.2 Å². The molecule has 0 spiro atoms. The second kappa shape index (κ2) is 13.5. The number of fused-ring (bicyclic) bond motifs is 1. The van der Waals surface area contributed by atoms with E-state index in [1.807, 2.05) is 0 Å². The Bertz CT molecular complexity index is 1600. The van der Waals surface area contributed by atoms with E-state index >= 15 is 0 Å². The van der Waals surface area contributed by atoms with Gasteiger partial charge in [-0.15, -0.1) is 0 Å². The van der Waals surface area contributed by atoms with Crippen LogP contribution in [0, 0.1) is 10.8 Å². The minimum Gasteiger partial charge on any atom is -0.438 e. The maximum Gasteiger partial charge on any atom is 0.356 e. The Morgan fingerprint density at radius 1 is 0.860 bits per heavy atom. The summed E-state index contributed by atoms with van der Waals surface area (Å²) in [5.74, 6) is -1.34. The first kappa shape index (κ1) is 34.8. The zero-order valence-electron chi connectivity index (χ0n) is 24.5. The number of halogens is 2. The van der Waals surface area contributed by atoms with Crippen molar-refractivity contribution in [2.24, 2.45) is 10.8 Å². The molecule has 0 radical (unpaired) electrons. The topological polar surface area (TPSA) is 138 Å². The van der Waals surface area contributed by atoms with Gasteiger partial charge in [0, 0.05) is 21.6 Å². The molecule has 0 saturated carbocycles. The van der Waals surface area contributed by atoms with Crippen molar-refractivity contribution in [1.29, 1.82) is 0 Å². The number of pyridine rings is 1. The van der Waals surface area contributed by atoms with E-state index in [-0.39, 0.29) is 20.6 Å². The van der Waals surface area contributed by atoms with E-state index in [0.29, 0.717) is 10.9 Å². The second-order valence-corrected chi connectivity index (χ2v) is 16.2. The number of anilines is 1. The average Bonchev–Trinajstić information content (AvgIpc) is 2.89. The lowest BCUT2D eigenvalue weighted by molar-refractivity contribution is -0.162. The fourth-order valence-corrected chi connectivity index (χ4v) is 7.38. The molecule has 0 fully saturated rings. The van der Waals surface area contributed by atoms with Crippen molar-refractivity contribution < 1.29 is 41.1 Å². The number of hydrogen-bond acceptors (Lipinski definition) is 10. The number of benzene rings is 2. The van der Waals surface area contributed by atoms with E-state index in [1.54, 1.807) is 65.9 Å². The molecule has 1 heterocycles. The van der Waals surface area contributed by atoms with Gasteiger partial charge < -0.3 is 9.47 Å². The maximum atomic E-state index is 14.1. The Morgan fingerprint density at radius 2 is 1.40 bits per heavy atom. The van der Waals surface area contributed by atoms with Gasteiger partial charge >= 0.3 is 19.5 Å². The van der Waals surface area contributed by atoms with Crippen LogP contribution in [0.2, 0.25) is 10.0 Å². The van der Waals surface area contributed by atoms with Gasteiger partial charge in [-0.25, -0.2) is 8.42 Å². The number of carbonyl (C=O) groups excluding carboxylic acids is 2. The third kappa shape index (κ3) is 9.38. The first-order chi connectivity index (χ1) is 19.8. The lowest BCUT2D eigenvalue weighted by Crippen LogP contribution is -2.33. The van der Waals surface area contributed by atoms with Gasteiger partial charge in [-0.3, -0.25) is 32.5 Å². The summed E-state index contributed by atoms with van der Waals surface area (Å²) in [6.45, 7) is 7.98. The molecule has 11 nitrogen and oxygen atoms in total. The number of sulfonamides is 1. The van der Waals surface area contributed by atoms with Crippen molar-refractivity contribution >= 4 is 69.3 Å². The number of nitrogens with zero attached hydrogens (tertiary/aromatic N) is 2. The number of esters is 2. The molecule has 0 aliphatic heterocycles. The monoisotopic (exact) mass is 674 g/mol. The highest BCUT2D eigenvalue weighted by Crippen LogP contribution is 2.51. The van der Waals surface area contributed by atoms with Gasteiger partial charge in [-0.05, 0) is 84.0 Å². The quantitative estimate of drug-likeness (QED) is 0.118. The summed E-state index contributed by atoms with van der Waals surface area (Å²) in [6, 6.07) is 11.7. The number of rotatable bonds is 11. The van der Waals surface area contributed by atoms with Gasteiger partial charge in [0.15, 0.2) is 0 Å². The first-order valence-electron chi connectivity index (χ1n) is 12.9. The highest BCUT2D eigenvalue weighted by Gasteiger charge is 2.37. The molecule has 3 aromatic rings. The van der Waals surface area contributed by atoms with Gasteiger partial charge in [0.1, 0.15) is 6.29 Å². The van der Waals surface area contributed by atoms with Crippen LogP contribution in [-0.4, -0.2) is 45.2 Å². The molecule has 0 aliphatic rings. The Morgan fingerprint density at radius 3 is 1.91 bits per heavy atom. The fourth-order valence-electron chi connectivity index (χ4n) is 3.35. The highest BCUT2D eigenvalue weighted by atomic mass is 35.5. The SMILES string of the molecule is CC(C)(C)C(=O)OCOP(=O)(CN(c1ccc2ncccc2c1)S(=O)(=O)c1cc(Cl)cc(Cl)c1)OCOC(=O)C(C)(C)C. The lowest BCUT2D eigenvalue weighted by Gasteiger charge is -2.29. The molecule has 0 aliphatic carbocycles. The first-order valence-corrected chi connectivity index (χ1v) is 16.8. The van der Waals surface area contributed by atoms with Crippen LogP contribution < -0.4 is 4.31 Å². The van der Waals surface area contributed by atoms with Crippen molar-refractivity contribution in [1.82, 2.24) is 4.98 Å². The summed E-state index contributed by atoms with van der Waals surface area (Å²) in [5.41, 5.74) is -1.16. The van der Waals surface area contributed by atoms with Gasteiger partial charge in [0.25, 0.3) is 10.0 Å². The molecule has 0 atom stereocenters.